The molecule has 0 amide bonds. The van der Waals surface area contributed by atoms with Crippen LogP contribution >= 0.6 is 0 Å². The van der Waals surface area contributed by atoms with Crippen molar-refractivity contribution in [2.75, 3.05) is 14.2 Å². The number of hydrogen-bond acceptors (Lipinski definition) is 2. The fraction of sp³-hybridized carbons (Fsp3) is 0.176. The molecule has 0 aliphatic rings. The van der Waals surface area contributed by atoms with Gasteiger partial charge in [-0.2, -0.15) is 0 Å². The average Bonchev–Trinajstić information content (AvgIpc) is 2.43. The highest BCUT2D eigenvalue weighted by atomic mass is 16.5. The Kier molecular flexibility index (Phi) is 2.79. The quantitative estimate of drug-likeness (QED) is 0.632. The minimum Gasteiger partial charge on any atom is -0.496 e. The van der Waals surface area contributed by atoms with Crippen LogP contribution in [0.4, 0.5) is 0 Å². The number of rotatable bonds is 2. The number of benzene rings is 3. The number of ether oxygens (including phenoxy) is 2. The summed E-state index contributed by atoms with van der Waals surface area (Å²) in [4.78, 5) is 0. The number of fused-ring (bicyclic) bond motifs is 2. The zero-order chi connectivity index (χ0) is 13.4. The van der Waals surface area contributed by atoms with Gasteiger partial charge in [-0.3, -0.25) is 0 Å². The molecule has 0 bridgehead atoms. The highest BCUT2D eigenvalue weighted by molar-refractivity contribution is 6.03. The van der Waals surface area contributed by atoms with E-state index in [1.54, 1.807) is 14.2 Å². The number of hydrogen-bond donors (Lipinski definition) is 0. The predicted octanol–water partition coefficient (Wildman–Crippen LogP) is 4.32. The Hall–Kier alpha value is -2.22. The topological polar surface area (TPSA) is 18.5 Å². The van der Waals surface area contributed by atoms with Gasteiger partial charge in [0.2, 0.25) is 0 Å². The molecule has 96 valence electrons. The summed E-state index contributed by atoms with van der Waals surface area (Å²) < 4.78 is 10.9. The SMILES string of the molecule is COc1cccc2cc3cc(C)cc(OC)c3cc12. The zero-order valence-electron chi connectivity index (χ0n) is 11.4. The molecular formula is C17H16O2. The van der Waals surface area contributed by atoms with Crippen LogP contribution in [0.3, 0.4) is 0 Å². The molecule has 0 aliphatic carbocycles. The summed E-state index contributed by atoms with van der Waals surface area (Å²) in [5, 5.41) is 4.60. The lowest BCUT2D eigenvalue weighted by Crippen LogP contribution is -1.89. The molecule has 2 nitrogen and oxygen atoms in total. The fourth-order valence-corrected chi connectivity index (χ4v) is 2.57. The molecule has 3 rings (SSSR count). The molecule has 3 aromatic rings. The van der Waals surface area contributed by atoms with Gasteiger partial charge in [0.05, 0.1) is 14.2 Å². The molecule has 0 radical (unpaired) electrons. The molecule has 0 unspecified atom stereocenters. The largest absolute Gasteiger partial charge is 0.496 e. The van der Waals surface area contributed by atoms with Gasteiger partial charge >= 0.3 is 0 Å². The first kappa shape index (κ1) is 11.8. The highest BCUT2D eigenvalue weighted by Crippen LogP contribution is 2.34. The standard InChI is InChI=1S/C17H16O2/c1-11-7-13-9-12-5-4-6-16(18-2)14(12)10-15(13)17(8-11)19-3/h4-10H,1-3H3. The Labute approximate surface area is 112 Å². The van der Waals surface area contributed by atoms with Gasteiger partial charge < -0.3 is 9.47 Å². The van der Waals surface area contributed by atoms with Crippen LogP contribution in [0, 0.1) is 6.92 Å². The zero-order valence-corrected chi connectivity index (χ0v) is 11.4. The van der Waals surface area contributed by atoms with E-state index in [0.717, 1.165) is 22.3 Å². The summed E-state index contributed by atoms with van der Waals surface area (Å²) in [5.41, 5.74) is 1.20. The van der Waals surface area contributed by atoms with Gasteiger partial charge in [0.15, 0.2) is 0 Å². The van der Waals surface area contributed by atoms with Gasteiger partial charge in [-0.25, -0.2) is 0 Å². The van der Waals surface area contributed by atoms with Crippen LogP contribution in [0.25, 0.3) is 21.5 Å². The molecule has 0 heterocycles. The van der Waals surface area contributed by atoms with Gasteiger partial charge in [0.1, 0.15) is 11.5 Å². The van der Waals surface area contributed by atoms with Crippen molar-refractivity contribution in [3.05, 3.63) is 48.0 Å². The molecule has 19 heavy (non-hydrogen) atoms. The van der Waals surface area contributed by atoms with Crippen LogP contribution < -0.4 is 9.47 Å². The minimum atomic E-state index is 0.891. The average molecular weight is 252 g/mol. The van der Waals surface area contributed by atoms with Crippen molar-refractivity contribution < 1.29 is 9.47 Å². The predicted molar refractivity (Wildman–Crippen MR) is 79.3 cm³/mol. The first-order valence-corrected chi connectivity index (χ1v) is 6.28. The van der Waals surface area contributed by atoms with Crippen molar-refractivity contribution >= 4 is 21.5 Å². The molecule has 0 N–H and O–H groups in total. The van der Waals surface area contributed by atoms with E-state index in [9.17, 15) is 0 Å². The fourth-order valence-electron chi connectivity index (χ4n) is 2.57. The first-order chi connectivity index (χ1) is 9.22. The van der Waals surface area contributed by atoms with Gasteiger partial charge in [-0.15, -0.1) is 0 Å². The smallest absolute Gasteiger partial charge is 0.126 e. The van der Waals surface area contributed by atoms with Crippen molar-refractivity contribution in [2.24, 2.45) is 0 Å². The normalized spacial score (nSPS) is 10.9. The van der Waals surface area contributed by atoms with Crippen molar-refractivity contribution in [1.29, 1.82) is 0 Å². The molecule has 3 aromatic carbocycles. The monoisotopic (exact) mass is 252 g/mol. The molecular weight excluding hydrogens is 236 g/mol. The highest BCUT2D eigenvalue weighted by Gasteiger charge is 2.07. The molecule has 0 aliphatic heterocycles. The summed E-state index contributed by atoms with van der Waals surface area (Å²) in [6, 6.07) is 14.7. The Morgan fingerprint density at radius 1 is 0.737 bits per heavy atom. The first-order valence-electron chi connectivity index (χ1n) is 6.28. The summed E-state index contributed by atoms with van der Waals surface area (Å²) >= 11 is 0. The third-order valence-electron chi connectivity index (χ3n) is 3.46. The minimum absolute atomic E-state index is 0.891. The summed E-state index contributed by atoms with van der Waals surface area (Å²) in [7, 11) is 3.41. The molecule has 0 saturated heterocycles. The molecule has 2 heteroatoms. The van der Waals surface area contributed by atoms with Crippen molar-refractivity contribution in [2.45, 2.75) is 6.92 Å². The molecule has 0 aromatic heterocycles. The lowest BCUT2D eigenvalue weighted by molar-refractivity contribution is 0.418. The van der Waals surface area contributed by atoms with E-state index in [2.05, 4.69) is 37.3 Å². The maximum Gasteiger partial charge on any atom is 0.126 e. The lowest BCUT2D eigenvalue weighted by Gasteiger charge is -2.11. The molecule has 0 fully saturated rings. The van der Waals surface area contributed by atoms with E-state index in [1.165, 1.54) is 16.3 Å². The van der Waals surface area contributed by atoms with E-state index >= 15 is 0 Å². The van der Waals surface area contributed by atoms with E-state index in [4.69, 9.17) is 9.47 Å². The van der Waals surface area contributed by atoms with Crippen LogP contribution in [0.15, 0.2) is 42.5 Å². The van der Waals surface area contributed by atoms with Gasteiger partial charge in [0, 0.05) is 10.8 Å². The Morgan fingerprint density at radius 2 is 1.47 bits per heavy atom. The second-order valence-corrected chi connectivity index (χ2v) is 4.72. The van der Waals surface area contributed by atoms with Gasteiger partial charge in [-0.1, -0.05) is 18.2 Å². The van der Waals surface area contributed by atoms with Crippen LogP contribution in [0.2, 0.25) is 0 Å². The summed E-state index contributed by atoms with van der Waals surface area (Å²) in [6.45, 7) is 2.08. The third-order valence-corrected chi connectivity index (χ3v) is 3.46. The van der Waals surface area contributed by atoms with Crippen molar-refractivity contribution in [3.8, 4) is 11.5 Å². The van der Waals surface area contributed by atoms with Gasteiger partial charge in [0.25, 0.3) is 0 Å². The second-order valence-electron chi connectivity index (χ2n) is 4.72. The molecule has 0 saturated carbocycles. The second kappa shape index (κ2) is 4.47. The summed E-state index contributed by atoms with van der Waals surface area (Å²) in [5.74, 6) is 1.80. The maximum atomic E-state index is 5.49. The van der Waals surface area contributed by atoms with Crippen LogP contribution in [0.1, 0.15) is 5.56 Å². The maximum absolute atomic E-state index is 5.49. The molecule has 0 spiro atoms. The van der Waals surface area contributed by atoms with E-state index in [0.29, 0.717) is 0 Å². The van der Waals surface area contributed by atoms with E-state index in [-0.39, 0.29) is 0 Å². The third kappa shape index (κ3) is 1.89. The van der Waals surface area contributed by atoms with Crippen LogP contribution in [0.5, 0.6) is 11.5 Å². The Balaban J connectivity index is 2.45. The molecule has 0 atom stereocenters. The summed E-state index contributed by atoms with van der Waals surface area (Å²) in [6.07, 6.45) is 0. The van der Waals surface area contributed by atoms with Crippen molar-refractivity contribution in [3.63, 3.8) is 0 Å². The van der Waals surface area contributed by atoms with E-state index < -0.39 is 0 Å². The number of methoxy groups -OCH3 is 2. The van der Waals surface area contributed by atoms with Crippen LogP contribution in [-0.4, -0.2) is 14.2 Å². The number of aryl methyl sites for hydroxylation is 1. The van der Waals surface area contributed by atoms with Crippen molar-refractivity contribution in [1.82, 2.24) is 0 Å². The van der Waals surface area contributed by atoms with E-state index in [1.807, 2.05) is 12.1 Å². The lowest BCUT2D eigenvalue weighted by atomic mass is 10.0. The Bertz CT molecular complexity index is 760. The van der Waals surface area contributed by atoms with Crippen LogP contribution in [-0.2, 0) is 0 Å². The van der Waals surface area contributed by atoms with Gasteiger partial charge in [-0.05, 0) is 47.5 Å². The Morgan fingerprint density at radius 3 is 2.21 bits per heavy atom.